The first-order valence-corrected chi connectivity index (χ1v) is 12.5. The van der Waals surface area contributed by atoms with E-state index in [0.717, 1.165) is 17.0 Å². The van der Waals surface area contributed by atoms with Gasteiger partial charge in [0.15, 0.2) is 0 Å². The molecule has 0 spiro atoms. The van der Waals surface area contributed by atoms with Gasteiger partial charge in [0, 0.05) is 17.4 Å². The molecule has 39 heavy (non-hydrogen) atoms. The van der Waals surface area contributed by atoms with Crippen molar-refractivity contribution in [1.82, 2.24) is 14.5 Å². The molecule has 0 radical (unpaired) electrons. The molecule has 196 valence electrons. The maximum absolute atomic E-state index is 13.4. The molecule has 5 rings (SSSR count). The Hall–Kier alpha value is -4.82. The number of nitrogens with one attached hydrogen (secondary N) is 1. The molecule has 0 aliphatic rings. The van der Waals surface area contributed by atoms with Crippen LogP contribution in [0.3, 0.4) is 0 Å². The smallest absolute Gasteiger partial charge is 0.256 e. The normalized spacial score (nSPS) is 10.7. The molecular weight excluding hydrogens is 516 g/mol. The van der Waals surface area contributed by atoms with Gasteiger partial charge >= 0.3 is 0 Å². The number of hydrogen-bond donors (Lipinski definition) is 1. The lowest BCUT2D eigenvalue weighted by molar-refractivity contribution is -0.117. The molecule has 2 heterocycles. The highest BCUT2D eigenvalue weighted by Gasteiger charge is 2.23. The minimum absolute atomic E-state index is 0.0920. The van der Waals surface area contributed by atoms with Crippen LogP contribution in [0.15, 0.2) is 108 Å². The molecule has 0 saturated heterocycles. The van der Waals surface area contributed by atoms with Crippen LogP contribution in [0.25, 0.3) is 16.9 Å². The SMILES string of the molecule is COc1ccc(-c2cn(-c3ccccc3)c(NC(=O)CN(Cc3ccco3)C(=O)c3ccccc3Cl)n2)cc1. The van der Waals surface area contributed by atoms with Crippen molar-refractivity contribution >= 4 is 29.4 Å². The van der Waals surface area contributed by atoms with Gasteiger partial charge in [0.25, 0.3) is 5.91 Å². The van der Waals surface area contributed by atoms with Crippen LogP contribution in [-0.2, 0) is 11.3 Å². The molecule has 0 fully saturated rings. The Morgan fingerprint density at radius 3 is 2.41 bits per heavy atom. The number of halogens is 1. The molecule has 5 aromatic rings. The van der Waals surface area contributed by atoms with Crippen molar-refractivity contribution < 1.29 is 18.7 Å². The Kier molecular flexibility index (Phi) is 7.75. The number of furan rings is 1. The van der Waals surface area contributed by atoms with Crippen LogP contribution in [0.2, 0.25) is 5.02 Å². The van der Waals surface area contributed by atoms with Gasteiger partial charge in [-0.3, -0.25) is 19.5 Å². The van der Waals surface area contributed by atoms with Crippen LogP contribution in [0.1, 0.15) is 16.1 Å². The zero-order valence-corrected chi connectivity index (χ0v) is 21.8. The van der Waals surface area contributed by atoms with Crippen LogP contribution >= 0.6 is 11.6 Å². The van der Waals surface area contributed by atoms with Gasteiger partial charge in [-0.15, -0.1) is 0 Å². The molecule has 0 aliphatic carbocycles. The zero-order valence-electron chi connectivity index (χ0n) is 21.1. The number of methoxy groups -OCH3 is 1. The summed E-state index contributed by atoms with van der Waals surface area (Å²) in [5.41, 5.74) is 2.64. The molecule has 0 aliphatic heterocycles. The summed E-state index contributed by atoms with van der Waals surface area (Å²) in [5.74, 6) is 0.772. The largest absolute Gasteiger partial charge is 0.497 e. The summed E-state index contributed by atoms with van der Waals surface area (Å²) in [4.78, 5) is 32.8. The fraction of sp³-hybridized carbons (Fsp3) is 0.100. The topological polar surface area (TPSA) is 89.6 Å². The van der Waals surface area contributed by atoms with E-state index in [9.17, 15) is 9.59 Å². The molecule has 0 unspecified atom stereocenters. The number of ether oxygens (including phenoxy) is 1. The van der Waals surface area contributed by atoms with E-state index in [2.05, 4.69) is 5.32 Å². The van der Waals surface area contributed by atoms with E-state index in [1.165, 1.54) is 11.2 Å². The second-order valence-corrected chi connectivity index (χ2v) is 9.06. The van der Waals surface area contributed by atoms with Crippen molar-refractivity contribution in [2.45, 2.75) is 6.54 Å². The van der Waals surface area contributed by atoms with Crippen molar-refractivity contribution in [3.63, 3.8) is 0 Å². The molecule has 8 nitrogen and oxygen atoms in total. The van der Waals surface area contributed by atoms with Crippen LogP contribution < -0.4 is 10.1 Å². The van der Waals surface area contributed by atoms with E-state index in [-0.39, 0.29) is 13.1 Å². The molecule has 2 amide bonds. The van der Waals surface area contributed by atoms with Gasteiger partial charge in [-0.05, 0) is 60.7 Å². The summed E-state index contributed by atoms with van der Waals surface area (Å²) in [7, 11) is 1.61. The van der Waals surface area contributed by atoms with Gasteiger partial charge in [0.1, 0.15) is 18.1 Å². The number of benzene rings is 3. The monoisotopic (exact) mass is 540 g/mol. The number of nitrogens with zero attached hydrogens (tertiary/aromatic N) is 3. The Labute approximate surface area is 230 Å². The number of para-hydroxylation sites is 1. The van der Waals surface area contributed by atoms with Gasteiger partial charge in [-0.25, -0.2) is 4.98 Å². The molecule has 3 aromatic carbocycles. The minimum Gasteiger partial charge on any atom is -0.497 e. The summed E-state index contributed by atoms with van der Waals surface area (Å²) in [6.45, 7) is -0.154. The molecular formula is C30H25ClN4O4. The Morgan fingerprint density at radius 2 is 1.72 bits per heavy atom. The van der Waals surface area contributed by atoms with Crippen LogP contribution in [0.4, 0.5) is 5.95 Å². The number of rotatable bonds is 9. The lowest BCUT2D eigenvalue weighted by Gasteiger charge is -2.22. The lowest BCUT2D eigenvalue weighted by atomic mass is 10.1. The summed E-state index contributed by atoms with van der Waals surface area (Å²) < 4.78 is 12.5. The highest BCUT2D eigenvalue weighted by molar-refractivity contribution is 6.33. The number of amides is 2. The first-order valence-electron chi connectivity index (χ1n) is 12.2. The van der Waals surface area contributed by atoms with Gasteiger partial charge in [-0.1, -0.05) is 41.9 Å². The van der Waals surface area contributed by atoms with E-state index in [0.29, 0.717) is 28.0 Å². The van der Waals surface area contributed by atoms with Crippen molar-refractivity contribution in [1.29, 1.82) is 0 Å². The predicted molar refractivity (Wildman–Crippen MR) is 149 cm³/mol. The molecule has 0 atom stereocenters. The first kappa shape index (κ1) is 25.8. The maximum Gasteiger partial charge on any atom is 0.256 e. The quantitative estimate of drug-likeness (QED) is 0.245. The number of hydrogen-bond acceptors (Lipinski definition) is 5. The van der Waals surface area contributed by atoms with E-state index in [1.54, 1.807) is 48.1 Å². The van der Waals surface area contributed by atoms with E-state index in [4.69, 9.17) is 25.7 Å². The predicted octanol–water partition coefficient (Wildman–Crippen LogP) is 6.08. The average Bonchev–Trinajstić information content (AvgIpc) is 3.63. The van der Waals surface area contributed by atoms with Gasteiger partial charge in [-0.2, -0.15) is 0 Å². The molecule has 0 saturated carbocycles. The summed E-state index contributed by atoms with van der Waals surface area (Å²) in [5, 5.41) is 3.19. The molecule has 2 aromatic heterocycles. The highest BCUT2D eigenvalue weighted by atomic mass is 35.5. The van der Waals surface area contributed by atoms with Crippen molar-refractivity contribution in [3.8, 4) is 22.7 Å². The molecule has 9 heteroatoms. The van der Waals surface area contributed by atoms with Crippen molar-refractivity contribution in [3.05, 3.63) is 120 Å². The number of anilines is 1. The number of imidazole rings is 1. The van der Waals surface area contributed by atoms with Gasteiger partial charge in [0.2, 0.25) is 11.9 Å². The summed E-state index contributed by atoms with van der Waals surface area (Å²) in [6, 6.07) is 27.2. The average molecular weight is 541 g/mol. The number of carbonyl (C=O) groups excluding carboxylic acids is 2. The van der Waals surface area contributed by atoms with Gasteiger partial charge < -0.3 is 14.1 Å². The summed E-state index contributed by atoms with van der Waals surface area (Å²) in [6.07, 6.45) is 3.37. The third kappa shape index (κ3) is 6.02. The molecule has 0 bridgehead atoms. The highest BCUT2D eigenvalue weighted by Crippen LogP contribution is 2.26. The summed E-state index contributed by atoms with van der Waals surface area (Å²) >= 11 is 6.29. The second-order valence-electron chi connectivity index (χ2n) is 8.65. The molecule has 1 N–H and O–H groups in total. The van der Waals surface area contributed by atoms with Gasteiger partial charge in [0.05, 0.1) is 36.2 Å². The lowest BCUT2D eigenvalue weighted by Crippen LogP contribution is -2.38. The maximum atomic E-state index is 13.4. The Balaban J connectivity index is 1.43. The van der Waals surface area contributed by atoms with E-state index < -0.39 is 11.8 Å². The first-order chi connectivity index (χ1) is 19.0. The van der Waals surface area contributed by atoms with E-state index >= 15 is 0 Å². The third-order valence-corrected chi connectivity index (χ3v) is 6.36. The zero-order chi connectivity index (χ0) is 27.2. The third-order valence-electron chi connectivity index (χ3n) is 6.03. The van der Waals surface area contributed by atoms with E-state index in [1.807, 2.05) is 60.8 Å². The van der Waals surface area contributed by atoms with Crippen LogP contribution in [-0.4, -0.2) is 39.9 Å². The van der Waals surface area contributed by atoms with Crippen LogP contribution in [0.5, 0.6) is 5.75 Å². The fourth-order valence-corrected chi connectivity index (χ4v) is 4.30. The minimum atomic E-state index is -0.425. The number of aromatic nitrogens is 2. The van der Waals surface area contributed by atoms with Crippen molar-refractivity contribution in [2.75, 3.05) is 19.0 Å². The standard InChI is InChI=1S/C30H25ClN4O4/c1-38-23-15-13-21(14-16-23)27-19-35(22-8-3-2-4-9-22)30(32-27)33-28(36)20-34(18-24-10-7-17-39-24)29(37)25-11-5-6-12-26(25)31/h2-17,19H,18,20H2,1H3,(H,32,33,36). The Bertz CT molecular complexity index is 1560. The number of carbonyl (C=O) groups is 2. The Morgan fingerprint density at radius 1 is 0.974 bits per heavy atom. The van der Waals surface area contributed by atoms with Crippen LogP contribution in [0, 0.1) is 0 Å². The second kappa shape index (κ2) is 11.7. The van der Waals surface area contributed by atoms with Crippen molar-refractivity contribution in [2.24, 2.45) is 0 Å². The fourth-order valence-electron chi connectivity index (χ4n) is 4.09.